The summed E-state index contributed by atoms with van der Waals surface area (Å²) in [5.74, 6) is 0. The predicted octanol–water partition coefficient (Wildman–Crippen LogP) is 5.80. The SMILES string of the molecule is Cc1ccc(C)c2cc3c(cc12)c1ccccc1n3S(=O)(=O)c1ccccc1. The van der Waals surface area contributed by atoms with Crippen LogP contribution in [0.15, 0.2) is 83.8 Å². The molecule has 0 bridgehead atoms. The van der Waals surface area contributed by atoms with Gasteiger partial charge in [0, 0.05) is 10.8 Å². The monoisotopic (exact) mass is 385 g/mol. The number of para-hydroxylation sites is 1. The van der Waals surface area contributed by atoms with Crippen LogP contribution in [-0.4, -0.2) is 12.4 Å². The summed E-state index contributed by atoms with van der Waals surface area (Å²) in [4.78, 5) is 0.290. The first-order valence-electron chi connectivity index (χ1n) is 9.22. The summed E-state index contributed by atoms with van der Waals surface area (Å²) in [5.41, 5.74) is 3.74. The van der Waals surface area contributed by atoms with Crippen LogP contribution < -0.4 is 0 Å². The van der Waals surface area contributed by atoms with Crippen LogP contribution in [0.2, 0.25) is 0 Å². The van der Waals surface area contributed by atoms with Gasteiger partial charge in [-0.05, 0) is 66.1 Å². The molecule has 0 radical (unpaired) electrons. The highest BCUT2D eigenvalue weighted by molar-refractivity contribution is 7.90. The number of benzene rings is 4. The van der Waals surface area contributed by atoms with Crippen molar-refractivity contribution in [2.45, 2.75) is 18.7 Å². The molecule has 28 heavy (non-hydrogen) atoms. The van der Waals surface area contributed by atoms with Gasteiger partial charge in [0.2, 0.25) is 0 Å². The maximum absolute atomic E-state index is 13.6. The summed E-state index contributed by atoms with van der Waals surface area (Å²) in [5, 5.41) is 4.14. The van der Waals surface area contributed by atoms with E-state index in [1.54, 1.807) is 24.3 Å². The highest BCUT2D eigenvalue weighted by Crippen LogP contribution is 2.36. The minimum Gasteiger partial charge on any atom is -0.233 e. The zero-order chi connectivity index (χ0) is 19.5. The molecule has 0 aliphatic heterocycles. The minimum atomic E-state index is -3.72. The number of rotatable bonds is 2. The minimum absolute atomic E-state index is 0.290. The van der Waals surface area contributed by atoms with Crippen LogP contribution in [0.5, 0.6) is 0 Å². The van der Waals surface area contributed by atoms with Crippen LogP contribution in [0.25, 0.3) is 32.6 Å². The topological polar surface area (TPSA) is 39.1 Å². The van der Waals surface area contributed by atoms with Crippen molar-refractivity contribution in [2.24, 2.45) is 0 Å². The van der Waals surface area contributed by atoms with E-state index in [1.165, 1.54) is 9.54 Å². The van der Waals surface area contributed by atoms with Gasteiger partial charge in [0.25, 0.3) is 10.0 Å². The van der Waals surface area contributed by atoms with Crippen LogP contribution in [0, 0.1) is 13.8 Å². The Morgan fingerprint density at radius 3 is 1.93 bits per heavy atom. The third-order valence-corrected chi connectivity index (χ3v) is 7.22. The highest BCUT2D eigenvalue weighted by atomic mass is 32.2. The molecule has 0 unspecified atom stereocenters. The van der Waals surface area contributed by atoms with E-state index in [2.05, 4.69) is 32.0 Å². The Kier molecular flexibility index (Phi) is 3.61. The maximum atomic E-state index is 13.6. The summed E-state index contributed by atoms with van der Waals surface area (Å²) < 4.78 is 28.6. The summed E-state index contributed by atoms with van der Waals surface area (Å²) in [6, 6.07) is 24.7. The largest absolute Gasteiger partial charge is 0.268 e. The van der Waals surface area contributed by atoms with Gasteiger partial charge in [-0.3, -0.25) is 0 Å². The predicted molar refractivity (Wildman–Crippen MR) is 115 cm³/mol. The van der Waals surface area contributed by atoms with Crippen LogP contribution in [-0.2, 0) is 10.0 Å². The first-order valence-corrected chi connectivity index (χ1v) is 10.7. The number of nitrogens with zero attached hydrogens (tertiary/aromatic N) is 1. The zero-order valence-corrected chi connectivity index (χ0v) is 16.5. The molecule has 0 amide bonds. The standard InChI is InChI=1S/C24H19NO2S/c1-16-12-13-17(2)21-15-24-22(14-20(16)21)19-10-6-7-11-23(19)25(24)28(26,27)18-8-4-3-5-9-18/h3-15H,1-2H3. The quantitative estimate of drug-likeness (QED) is 0.385. The molecule has 0 aliphatic carbocycles. The van der Waals surface area contributed by atoms with Gasteiger partial charge < -0.3 is 0 Å². The van der Waals surface area contributed by atoms with Gasteiger partial charge >= 0.3 is 0 Å². The van der Waals surface area contributed by atoms with E-state index in [-0.39, 0.29) is 0 Å². The van der Waals surface area contributed by atoms with Crippen molar-refractivity contribution < 1.29 is 8.42 Å². The molecule has 1 aromatic heterocycles. The Labute approximate surface area is 163 Å². The first-order chi connectivity index (χ1) is 13.5. The van der Waals surface area contributed by atoms with Crippen molar-refractivity contribution >= 4 is 42.6 Å². The van der Waals surface area contributed by atoms with Gasteiger partial charge in [0.15, 0.2) is 0 Å². The number of hydrogen-bond acceptors (Lipinski definition) is 2. The van der Waals surface area contributed by atoms with E-state index in [4.69, 9.17) is 0 Å². The van der Waals surface area contributed by atoms with E-state index in [0.29, 0.717) is 15.9 Å². The van der Waals surface area contributed by atoms with Crippen molar-refractivity contribution in [3.05, 3.63) is 90.0 Å². The molecule has 138 valence electrons. The van der Waals surface area contributed by atoms with Gasteiger partial charge in [-0.15, -0.1) is 0 Å². The fraction of sp³-hybridized carbons (Fsp3) is 0.0833. The fourth-order valence-corrected chi connectivity index (χ4v) is 5.56. The van der Waals surface area contributed by atoms with E-state index in [0.717, 1.165) is 27.1 Å². The van der Waals surface area contributed by atoms with Crippen LogP contribution >= 0.6 is 0 Å². The Bertz CT molecular complexity index is 1480. The molecule has 5 rings (SSSR count). The van der Waals surface area contributed by atoms with Crippen molar-refractivity contribution in [3.8, 4) is 0 Å². The third kappa shape index (κ3) is 2.31. The molecule has 0 spiro atoms. The van der Waals surface area contributed by atoms with E-state index >= 15 is 0 Å². The fourth-order valence-electron chi connectivity index (χ4n) is 4.02. The summed E-state index contributed by atoms with van der Waals surface area (Å²) in [6.45, 7) is 4.15. The Hall–Kier alpha value is -3.11. The smallest absolute Gasteiger partial charge is 0.233 e. The number of aryl methyl sites for hydroxylation is 2. The molecule has 0 saturated carbocycles. The average molecular weight is 385 g/mol. The van der Waals surface area contributed by atoms with Gasteiger partial charge in [0.05, 0.1) is 15.9 Å². The van der Waals surface area contributed by atoms with E-state index in [1.807, 2.05) is 36.4 Å². The third-order valence-electron chi connectivity index (χ3n) is 5.48. The lowest BCUT2D eigenvalue weighted by Crippen LogP contribution is -2.12. The zero-order valence-electron chi connectivity index (χ0n) is 15.7. The molecule has 0 saturated heterocycles. The second-order valence-corrected chi connectivity index (χ2v) is 9.00. The van der Waals surface area contributed by atoms with Gasteiger partial charge in [-0.25, -0.2) is 12.4 Å². The summed E-state index contributed by atoms with van der Waals surface area (Å²) >= 11 is 0. The van der Waals surface area contributed by atoms with Gasteiger partial charge in [0.1, 0.15) is 0 Å². The normalized spacial score (nSPS) is 12.2. The van der Waals surface area contributed by atoms with Crippen LogP contribution in [0.3, 0.4) is 0 Å². The van der Waals surface area contributed by atoms with Crippen molar-refractivity contribution in [1.29, 1.82) is 0 Å². The number of fused-ring (bicyclic) bond motifs is 4. The van der Waals surface area contributed by atoms with Gasteiger partial charge in [-0.2, -0.15) is 0 Å². The molecule has 0 N–H and O–H groups in total. The maximum Gasteiger partial charge on any atom is 0.268 e. The van der Waals surface area contributed by atoms with E-state index < -0.39 is 10.0 Å². The molecule has 3 nitrogen and oxygen atoms in total. The molecular formula is C24H19NO2S. The Balaban J connectivity index is 2.01. The highest BCUT2D eigenvalue weighted by Gasteiger charge is 2.23. The van der Waals surface area contributed by atoms with E-state index in [9.17, 15) is 8.42 Å². The second-order valence-electron chi connectivity index (χ2n) is 7.21. The summed E-state index contributed by atoms with van der Waals surface area (Å²) in [7, 11) is -3.72. The number of hydrogen-bond donors (Lipinski definition) is 0. The Morgan fingerprint density at radius 1 is 0.607 bits per heavy atom. The average Bonchev–Trinajstić information content (AvgIpc) is 3.05. The molecule has 0 fully saturated rings. The van der Waals surface area contributed by atoms with Crippen molar-refractivity contribution in [2.75, 3.05) is 0 Å². The lowest BCUT2D eigenvalue weighted by Gasteiger charge is -2.11. The van der Waals surface area contributed by atoms with Crippen LogP contribution in [0.4, 0.5) is 0 Å². The molecule has 0 aliphatic rings. The number of aromatic nitrogens is 1. The molecular weight excluding hydrogens is 366 g/mol. The molecule has 4 aromatic carbocycles. The Morgan fingerprint density at radius 2 is 1.21 bits per heavy atom. The first kappa shape index (κ1) is 17.0. The molecule has 1 heterocycles. The van der Waals surface area contributed by atoms with Gasteiger partial charge in [-0.1, -0.05) is 48.5 Å². The van der Waals surface area contributed by atoms with Crippen molar-refractivity contribution in [3.63, 3.8) is 0 Å². The lowest BCUT2D eigenvalue weighted by molar-refractivity contribution is 0.590. The van der Waals surface area contributed by atoms with Crippen LogP contribution in [0.1, 0.15) is 11.1 Å². The molecule has 5 aromatic rings. The van der Waals surface area contributed by atoms with Crippen molar-refractivity contribution in [1.82, 2.24) is 3.97 Å². The molecule has 0 atom stereocenters. The second kappa shape index (κ2) is 5.94. The molecule has 4 heteroatoms. The summed E-state index contributed by atoms with van der Waals surface area (Å²) in [6.07, 6.45) is 0. The lowest BCUT2D eigenvalue weighted by atomic mass is 9.99.